The molecular formula is C13H19N3O2. The second kappa shape index (κ2) is 5.82. The van der Waals surface area contributed by atoms with E-state index in [1.807, 2.05) is 13.1 Å². The van der Waals surface area contributed by atoms with Crippen LogP contribution in [0.3, 0.4) is 0 Å². The molecule has 5 nitrogen and oxygen atoms in total. The van der Waals surface area contributed by atoms with E-state index < -0.39 is 6.10 Å². The third-order valence-electron chi connectivity index (χ3n) is 3.32. The first-order chi connectivity index (χ1) is 8.66. The summed E-state index contributed by atoms with van der Waals surface area (Å²) < 4.78 is 1.69. The summed E-state index contributed by atoms with van der Waals surface area (Å²) in [6, 6.07) is 1.72. The number of nitrogens with one attached hydrogen (secondary N) is 1. The lowest BCUT2D eigenvalue weighted by Crippen LogP contribution is -2.44. The van der Waals surface area contributed by atoms with E-state index in [2.05, 4.69) is 10.4 Å². The highest BCUT2D eigenvalue weighted by molar-refractivity contribution is 5.91. The summed E-state index contributed by atoms with van der Waals surface area (Å²) >= 11 is 0. The molecule has 18 heavy (non-hydrogen) atoms. The Balaban J connectivity index is 1.88. The smallest absolute Gasteiger partial charge is 0.244 e. The highest BCUT2D eigenvalue weighted by Crippen LogP contribution is 2.18. The number of carbonyl (C=O) groups is 1. The highest BCUT2D eigenvalue weighted by atomic mass is 16.3. The van der Waals surface area contributed by atoms with Gasteiger partial charge in [0.1, 0.15) is 0 Å². The lowest BCUT2D eigenvalue weighted by Gasteiger charge is -2.27. The number of amides is 1. The normalized spacial score (nSPS) is 24.3. The Morgan fingerprint density at radius 3 is 3.00 bits per heavy atom. The maximum absolute atomic E-state index is 11.7. The summed E-state index contributed by atoms with van der Waals surface area (Å²) in [5.74, 6) is -0.165. The number of aliphatic hydroxyl groups is 1. The Hall–Kier alpha value is -1.62. The summed E-state index contributed by atoms with van der Waals surface area (Å²) in [5, 5.41) is 16.6. The molecule has 2 N–H and O–H groups in total. The molecule has 0 aliphatic heterocycles. The molecule has 0 saturated heterocycles. The fourth-order valence-corrected chi connectivity index (χ4v) is 2.22. The van der Waals surface area contributed by atoms with E-state index in [0.717, 1.165) is 31.4 Å². The maximum atomic E-state index is 11.7. The molecule has 2 unspecified atom stereocenters. The zero-order valence-electron chi connectivity index (χ0n) is 10.5. The van der Waals surface area contributed by atoms with Gasteiger partial charge in [-0.3, -0.25) is 9.48 Å². The molecule has 1 saturated carbocycles. The van der Waals surface area contributed by atoms with Gasteiger partial charge in [0.2, 0.25) is 5.91 Å². The topological polar surface area (TPSA) is 67.2 Å². The Labute approximate surface area is 106 Å². The van der Waals surface area contributed by atoms with E-state index in [4.69, 9.17) is 0 Å². The molecule has 1 fully saturated rings. The average molecular weight is 249 g/mol. The predicted molar refractivity (Wildman–Crippen MR) is 68.6 cm³/mol. The Morgan fingerprint density at radius 1 is 1.56 bits per heavy atom. The SMILES string of the molecule is Cn1nccc1C=CC(=O)NC1CCCCC1O. The molecule has 0 spiro atoms. The van der Waals surface area contributed by atoms with Crippen LogP contribution in [0.2, 0.25) is 0 Å². The van der Waals surface area contributed by atoms with Crippen LogP contribution in [-0.4, -0.2) is 32.9 Å². The number of hydrogen-bond donors (Lipinski definition) is 2. The van der Waals surface area contributed by atoms with E-state index in [0.29, 0.717) is 0 Å². The lowest BCUT2D eigenvalue weighted by molar-refractivity contribution is -0.118. The van der Waals surface area contributed by atoms with Crippen LogP contribution in [-0.2, 0) is 11.8 Å². The molecule has 1 aliphatic carbocycles. The van der Waals surface area contributed by atoms with Crippen molar-refractivity contribution in [3.8, 4) is 0 Å². The zero-order valence-corrected chi connectivity index (χ0v) is 10.5. The van der Waals surface area contributed by atoms with E-state index in [-0.39, 0.29) is 11.9 Å². The maximum Gasteiger partial charge on any atom is 0.244 e. The zero-order chi connectivity index (χ0) is 13.0. The monoisotopic (exact) mass is 249 g/mol. The molecule has 1 aliphatic rings. The van der Waals surface area contributed by atoms with Crippen LogP contribution in [0.25, 0.3) is 6.08 Å². The molecule has 1 aromatic rings. The van der Waals surface area contributed by atoms with Crippen LogP contribution in [0.15, 0.2) is 18.3 Å². The minimum atomic E-state index is -0.409. The van der Waals surface area contributed by atoms with E-state index >= 15 is 0 Å². The van der Waals surface area contributed by atoms with E-state index in [9.17, 15) is 9.90 Å². The molecule has 0 bridgehead atoms. The van der Waals surface area contributed by atoms with Crippen molar-refractivity contribution >= 4 is 12.0 Å². The van der Waals surface area contributed by atoms with Gasteiger partial charge in [-0.2, -0.15) is 5.10 Å². The van der Waals surface area contributed by atoms with Crippen molar-refractivity contribution in [2.24, 2.45) is 7.05 Å². The number of hydrogen-bond acceptors (Lipinski definition) is 3. The molecule has 5 heteroatoms. The Bertz CT molecular complexity index is 439. The highest BCUT2D eigenvalue weighted by Gasteiger charge is 2.23. The van der Waals surface area contributed by atoms with Gasteiger partial charge in [-0.1, -0.05) is 12.8 Å². The molecule has 2 atom stereocenters. The first-order valence-corrected chi connectivity index (χ1v) is 6.31. The van der Waals surface area contributed by atoms with Crippen LogP contribution in [0.5, 0.6) is 0 Å². The van der Waals surface area contributed by atoms with Crippen LogP contribution >= 0.6 is 0 Å². The third-order valence-corrected chi connectivity index (χ3v) is 3.32. The Morgan fingerprint density at radius 2 is 2.33 bits per heavy atom. The van der Waals surface area contributed by atoms with Crippen molar-refractivity contribution in [1.82, 2.24) is 15.1 Å². The van der Waals surface area contributed by atoms with Crippen molar-refractivity contribution in [1.29, 1.82) is 0 Å². The van der Waals surface area contributed by atoms with Gasteiger partial charge in [-0.25, -0.2) is 0 Å². The van der Waals surface area contributed by atoms with Gasteiger partial charge in [0.25, 0.3) is 0 Å². The van der Waals surface area contributed by atoms with E-state index in [1.54, 1.807) is 17.0 Å². The minimum absolute atomic E-state index is 0.109. The first-order valence-electron chi connectivity index (χ1n) is 6.31. The van der Waals surface area contributed by atoms with Gasteiger partial charge in [0, 0.05) is 19.3 Å². The van der Waals surface area contributed by atoms with Gasteiger partial charge < -0.3 is 10.4 Å². The fourth-order valence-electron chi connectivity index (χ4n) is 2.22. The van der Waals surface area contributed by atoms with Crippen LogP contribution < -0.4 is 5.32 Å². The average Bonchev–Trinajstić information content (AvgIpc) is 2.75. The van der Waals surface area contributed by atoms with Crippen molar-refractivity contribution < 1.29 is 9.90 Å². The van der Waals surface area contributed by atoms with Gasteiger partial charge in [0.15, 0.2) is 0 Å². The molecule has 98 valence electrons. The van der Waals surface area contributed by atoms with Crippen molar-refractivity contribution in [2.75, 3.05) is 0 Å². The van der Waals surface area contributed by atoms with E-state index in [1.165, 1.54) is 6.08 Å². The number of aliphatic hydroxyl groups excluding tert-OH is 1. The number of rotatable bonds is 3. The third kappa shape index (κ3) is 3.20. The Kier molecular flexibility index (Phi) is 4.15. The summed E-state index contributed by atoms with van der Waals surface area (Å²) in [5.41, 5.74) is 0.870. The summed E-state index contributed by atoms with van der Waals surface area (Å²) in [6.07, 6.45) is 8.21. The molecular weight excluding hydrogens is 230 g/mol. The van der Waals surface area contributed by atoms with Gasteiger partial charge in [0.05, 0.1) is 17.8 Å². The van der Waals surface area contributed by atoms with Gasteiger partial charge >= 0.3 is 0 Å². The van der Waals surface area contributed by atoms with Gasteiger partial charge in [-0.15, -0.1) is 0 Å². The van der Waals surface area contributed by atoms with Crippen LogP contribution in [0.1, 0.15) is 31.4 Å². The fraction of sp³-hybridized carbons (Fsp3) is 0.538. The number of aromatic nitrogens is 2. The number of carbonyl (C=O) groups excluding carboxylic acids is 1. The summed E-state index contributed by atoms with van der Waals surface area (Å²) in [6.45, 7) is 0. The number of aryl methyl sites for hydroxylation is 1. The molecule has 0 radical (unpaired) electrons. The predicted octanol–water partition coefficient (Wildman–Crippen LogP) is 0.853. The van der Waals surface area contributed by atoms with Crippen molar-refractivity contribution in [3.63, 3.8) is 0 Å². The molecule has 1 amide bonds. The van der Waals surface area contributed by atoms with Gasteiger partial charge in [-0.05, 0) is 25.0 Å². The largest absolute Gasteiger partial charge is 0.391 e. The lowest BCUT2D eigenvalue weighted by atomic mass is 9.92. The second-order valence-corrected chi connectivity index (χ2v) is 4.68. The second-order valence-electron chi connectivity index (χ2n) is 4.68. The molecule has 0 aromatic carbocycles. The van der Waals surface area contributed by atoms with Crippen LogP contribution in [0, 0.1) is 0 Å². The molecule has 1 heterocycles. The number of nitrogens with zero attached hydrogens (tertiary/aromatic N) is 2. The quantitative estimate of drug-likeness (QED) is 0.781. The first kappa shape index (κ1) is 12.8. The standard InChI is InChI=1S/C13H19N3O2/c1-16-10(8-9-14-16)6-7-13(18)15-11-4-2-3-5-12(11)17/h6-9,11-12,17H,2-5H2,1H3,(H,15,18). The summed E-state index contributed by atoms with van der Waals surface area (Å²) in [4.78, 5) is 11.7. The van der Waals surface area contributed by atoms with Crippen LogP contribution in [0.4, 0.5) is 0 Å². The summed E-state index contributed by atoms with van der Waals surface area (Å²) in [7, 11) is 1.82. The molecule has 1 aromatic heterocycles. The van der Waals surface area contributed by atoms with Crippen molar-refractivity contribution in [3.05, 3.63) is 24.0 Å². The minimum Gasteiger partial charge on any atom is -0.391 e. The molecule has 2 rings (SSSR count). The van der Waals surface area contributed by atoms with Crippen molar-refractivity contribution in [2.45, 2.75) is 37.8 Å².